The summed E-state index contributed by atoms with van der Waals surface area (Å²) in [6.07, 6.45) is -2.98. The number of rotatable bonds is 2. The Kier molecular flexibility index (Phi) is 5.81. The van der Waals surface area contributed by atoms with E-state index >= 15 is 0 Å². The third kappa shape index (κ3) is 3.80. The first-order valence-corrected chi connectivity index (χ1v) is 11.2. The molecule has 1 saturated carbocycles. The van der Waals surface area contributed by atoms with Crippen LogP contribution in [0.4, 0.5) is 19.1 Å². The van der Waals surface area contributed by atoms with Crippen molar-refractivity contribution in [2.75, 3.05) is 13.1 Å². The number of nitrogens with zero attached hydrogens (tertiary/aromatic N) is 4. The van der Waals surface area contributed by atoms with Crippen LogP contribution in [0.1, 0.15) is 55.1 Å². The molecular weight excluding hydrogens is 417 g/mol. The molecule has 0 bridgehead atoms. The molecule has 1 aromatic heterocycles. The Balaban J connectivity index is 0.00000119. The average molecular weight is 446 g/mol. The lowest BCUT2D eigenvalue weighted by atomic mass is 9.91. The molecule has 170 valence electrons. The minimum Gasteiger partial charge on any atom is -0.333 e. The van der Waals surface area contributed by atoms with Crippen molar-refractivity contribution in [1.29, 1.82) is 0 Å². The standard InChI is InChI=1S/C22H22F3N4O.C2H6/c1-12-7-13(2)29-19(27-21(29)26-12)20(30)28-10-15-8-14(9-16(15)11-28)17-5-3-4-6-18(17)22(23,24)25;1-2/h3-7,14-16H,8-11H2,1-2H3;1-2H3/q+1;/t14?,15-,16+;. The number of likely N-dealkylation sites (tertiary alicyclic amines) is 1. The second-order valence-corrected chi connectivity index (χ2v) is 8.59. The molecule has 1 amide bonds. The molecular formula is C24H28F3N4O+. The summed E-state index contributed by atoms with van der Waals surface area (Å²) in [5.74, 6) is 1.14. The summed E-state index contributed by atoms with van der Waals surface area (Å²) >= 11 is 0. The zero-order chi connectivity index (χ0) is 23.2. The van der Waals surface area contributed by atoms with Crippen LogP contribution < -0.4 is 4.57 Å². The number of amides is 1. The van der Waals surface area contributed by atoms with Gasteiger partial charge in [-0.2, -0.15) is 17.7 Å². The van der Waals surface area contributed by atoms with Gasteiger partial charge in [-0.15, -0.1) is 4.98 Å². The molecule has 0 spiro atoms. The van der Waals surface area contributed by atoms with Crippen molar-refractivity contribution in [1.82, 2.24) is 9.88 Å². The molecule has 1 aromatic carbocycles. The first-order valence-electron chi connectivity index (χ1n) is 11.2. The van der Waals surface area contributed by atoms with Crippen LogP contribution in [0.5, 0.6) is 0 Å². The number of halogens is 3. The maximum absolute atomic E-state index is 13.4. The number of carbonyl (C=O) groups is 1. The van der Waals surface area contributed by atoms with Gasteiger partial charge < -0.3 is 4.90 Å². The Morgan fingerprint density at radius 3 is 2.31 bits per heavy atom. The summed E-state index contributed by atoms with van der Waals surface area (Å²) < 4.78 is 42.0. The summed E-state index contributed by atoms with van der Waals surface area (Å²) in [6, 6.07) is 7.80. The first-order chi connectivity index (χ1) is 15.2. The van der Waals surface area contributed by atoms with Gasteiger partial charge in [0, 0.05) is 19.2 Å². The number of hydrogen-bond acceptors (Lipinski definition) is 3. The van der Waals surface area contributed by atoms with E-state index in [2.05, 4.69) is 9.98 Å². The van der Waals surface area contributed by atoms with E-state index in [4.69, 9.17) is 0 Å². The van der Waals surface area contributed by atoms with Crippen LogP contribution >= 0.6 is 0 Å². The average Bonchev–Trinajstić information content (AvgIpc) is 3.29. The molecule has 1 unspecified atom stereocenters. The second-order valence-electron chi connectivity index (χ2n) is 8.59. The van der Waals surface area contributed by atoms with Gasteiger partial charge in [0.05, 0.1) is 11.3 Å². The number of aryl methyl sites for hydroxylation is 2. The SMILES string of the molecule is CC.Cc1cc(C)[n+]2c(n1)N=C2C(=O)N1C[C@H]2CC(c3ccccc3C(F)(F)F)C[C@H]2C1. The number of aromatic nitrogens is 2. The van der Waals surface area contributed by atoms with Crippen molar-refractivity contribution >= 4 is 17.7 Å². The van der Waals surface area contributed by atoms with Gasteiger partial charge in [0.1, 0.15) is 5.69 Å². The van der Waals surface area contributed by atoms with E-state index < -0.39 is 11.7 Å². The van der Waals surface area contributed by atoms with Crippen LogP contribution in [0.25, 0.3) is 0 Å². The monoisotopic (exact) mass is 445 g/mol. The lowest BCUT2D eigenvalue weighted by Crippen LogP contribution is -2.60. The predicted molar refractivity (Wildman–Crippen MR) is 115 cm³/mol. The number of aliphatic imine (C=N–C) groups is 1. The molecule has 2 aliphatic heterocycles. The van der Waals surface area contributed by atoms with E-state index in [-0.39, 0.29) is 23.7 Å². The van der Waals surface area contributed by atoms with E-state index in [9.17, 15) is 18.0 Å². The van der Waals surface area contributed by atoms with Gasteiger partial charge in [-0.05, 0) is 56.1 Å². The molecule has 1 aliphatic carbocycles. The quantitative estimate of drug-likeness (QED) is 0.636. The fourth-order valence-corrected chi connectivity index (χ4v) is 5.32. The van der Waals surface area contributed by atoms with Gasteiger partial charge in [0.15, 0.2) is 0 Å². The molecule has 2 fully saturated rings. The smallest absolute Gasteiger partial charge is 0.333 e. The Morgan fingerprint density at radius 1 is 1.09 bits per heavy atom. The third-order valence-electron chi connectivity index (χ3n) is 6.60. The Hall–Kier alpha value is -2.77. The van der Waals surface area contributed by atoms with Gasteiger partial charge in [-0.1, -0.05) is 37.0 Å². The van der Waals surface area contributed by atoms with Crippen LogP contribution in [0.15, 0.2) is 35.3 Å². The second kappa shape index (κ2) is 8.30. The maximum Gasteiger partial charge on any atom is 0.416 e. The highest BCUT2D eigenvalue weighted by Gasteiger charge is 2.47. The summed E-state index contributed by atoms with van der Waals surface area (Å²) in [5, 5.41) is 0. The van der Waals surface area contributed by atoms with Crippen molar-refractivity contribution in [3.05, 3.63) is 52.8 Å². The van der Waals surface area contributed by atoms with Gasteiger partial charge in [0.2, 0.25) is 0 Å². The van der Waals surface area contributed by atoms with Crippen LogP contribution in [-0.4, -0.2) is 34.7 Å². The molecule has 3 heterocycles. The zero-order valence-electron chi connectivity index (χ0n) is 18.8. The summed E-state index contributed by atoms with van der Waals surface area (Å²) in [7, 11) is 0. The highest BCUT2D eigenvalue weighted by Crippen LogP contribution is 2.48. The normalized spacial score (nSPS) is 23.5. The number of carbonyl (C=O) groups excluding carboxylic acids is 1. The Labute approximate surface area is 186 Å². The number of benzene rings is 1. The molecule has 8 heteroatoms. The third-order valence-corrected chi connectivity index (χ3v) is 6.60. The van der Waals surface area contributed by atoms with Crippen molar-refractivity contribution in [2.45, 2.75) is 52.6 Å². The van der Waals surface area contributed by atoms with E-state index in [0.717, 1.165) is 11.4 Å². The van der Waals surface area contributed by atoms with Crippen molar-refractivity contribution < 1.29 is 22.5 Å². The first kappa shape index (κ1) is 22.4. The predicted octanol–water partition coefficient (Wildman–Crippen LogP) is 4.57. The van der Waals surface area contributed by atoms with Crippen molar-refractivity contribution in [3.8, 4) is 0 Å². The van der Waals surface area contributed by atoms with Crippen LogP contribution in [0.3, 0.4) is 0 Å². The molecule has 32 heavy (non-hydrogen) atoms. The van der Waals surface area contributed by atoms with Crippen LogP contribution in [0, 0.1) is 25.7 Å². The molecule has 2 aromatic rings. The van der Waals surface area contributed by atoms with Crippen LogP contribution in [0.2, 0.25) is 0 Å². The topological polar surface area (TPSA) is 49.4 Å². The summed E-state index contributed by atoms with van der Waals surface area (Å²) in [6.45, 7) is 8.95. The fourth-order valence-electron chi connectivity index (χ4n) is 5.32. The lowest BCUT2D eigenvalue weighted by molar-refractivity contribution is -0.566. The largest absolute Gasteiger partial charge is 0.416 e. The Bertz CT molecular complexity index is 1070. The summed E-state index contributed by atoms with van der Waals surface area (Å²) in [5.41, 5.74) is 1.63. The maximum atomic E-state index is 13.4. The van der Waals surface area contributed by atoms with Crippen molar-refractivity contribution in [3.63, 3.8) is 0 Å². The van der Waals surface area contributed by atoms with Gasteiger partial charge in [-0.3, -0.25) is 4.79 Å². The highest BCUT2D eigenvalue weighted by molar-refractivity contribution is 6.35. The van der Waals surface area contributed by atoms with E-state index in [1.807, 2.05) is 33.8 Å². The number of fused-ring (bicyclic) bond motifs is 2. The molecule has 5 rings (SSSR count). The van der Waals surface area contributed by atoms with Crippen molar-refractivity contribution in [2.24, 2.45) is 16.8 Å². The zero-order valence-corrected chi connectivity index (χ0v) is 18.8. The molecule has 3 aliphatic rings. The van der Waals surface area contributed by atoms with Gasteiger partial charge >= 0.3 is 23.9 Å². The molecule has 3 atom stereocenters. The molecule has 0 radical (unpaired) electrons. The molecule has 1 saturated heterocycles. The lowest BCUT2D eigenvalue weighted by Gasteiger charge is -2.23. The van der Waals surface area contributed by atoms with Gasteiger partial charge in [-0.25, -0.2) is 0 Å². The minimum absolute atomic E-state index is 0.111. The van der Waals surface area contributed by atoms with E-state index in [1.165, 1.54) is 12.1 Å². The minimum atomic E-state index is -4.34. The highest BCUT2D eigenvalue weighted by atomic mass is 19.4. The number of alkyl halides is 3. The van der Waals surface area contributed by atoms with E-state index in [0.29, 0.717) is 43.3 Å². The molecule has 0 N–H and O–H groups in total. The van der Waals surface area contributed by atoms with E-state index in [1.54, 1.807) is 21.6 Å². The molecule has 5 nitrogen and oxygen atoms in total. The van der Waals surface area contributed by atoms with Crippen LogP contribution in [-0.2, 0) is 11.0 Å². The fraction of sp³-hybridized carbons (Fsp3) is 0.500. The van der Waals surface area contributed by atoms with Gasteiger partial charge in [0.25, 0.3) is 0 Å². The number of hydrogen-bond donors (Lipinski definition) is 0. The summed E-state index contributed by atoms with van der Waals surface area (Å²) in [4.78, 5) is 23.4. The Morgan fingerprint density at radius 2 is 1.72 bits per heavy atom.